The van der Waals surface area contributed by atoms with Crippen LogP contribution in [0.2, 0.25) is 0 Å². The van der Waals surface area contributed by atoms with E-state index in [-0.39, 0.29) is 12.5 Å². The summed E-state index contributed by atoms with van der Waals surface area (Å²) >= 11 is 0. The molecule has 0 fully saturated rings. The van der Waals surface area contributed by atoms with Crippen LogP contribution in [0.15, 0.2) is 48.5 Å². The summed E-state index contributed by atoms with van der Waals surface area (Å²) in [7, 11) is 1.65. The topological polar surface area (TPSA) is 87.7 Å². The van der Waals surface area contributed by atoms with Gasteiger partial charge < -0.3 is 20.3 Å². The molecule has 3 rings (SSSR count). The van der Waals surface area contributed by atoms with Crippen LogP contribution in [0.1, 0.15) is 18.5 Å². The van der Waals surface area contributed by atoms with E-state index in [0.29, 0.717) is 5.56 Å². The van der Waals surface area contributed by atoms with Gasteiger partial charge >= 0.3 is 6.09 Å². The number of amides is 3. The lowest BCUT2D eigenvalue weighted by atomic mass is 9.95. The highest BCUT2D eigenvalue weighted by Gasteiger charge is 2.34. The fraction of sp³-hybridized carbons (Fsp3) is 0.286. The summed E-state index contributed by atoms with van der Waals surface area (Å²) in [6.45, 7) is 0.441. The van der Waals surface area contributed by atoms with Gasteiger partial charge in [0.25, 0.3) is 11.8 Å². The van der Waals surface area contributed by atoms with Gasteiger partial charge in [-0.2, -0.15) is 0 Å². The lowest BCUT2D eigenvalue weighted by Crippen LogP contribution is -2.45. The van der Waals surface area contributed by atoms with Gasteiger partial charge in [0.15, 0.2) is 6.10 Å². The maximum Gasteiger partial charge on any atom is 0.407 e. The third-order valence-corrected chi connectivity index (χ3v) is 4.71. The third kappa shape index (κ3) is 4.21. The Bertz CT molecular complexity index is 934. The molecule has 1 aliphatic heterocycles. The molecule has 7 nitrogen and oxygen atoms in total. The number of alkyl carbamates (subject to hydrolysis) is 1. The Balaban J connectivity index is 1.87. The number of anilines is 1. The van der Waals surface area contributed by atoms with Crippen molar-refractivity contribution >= 4 is 23.6 Å². The molecule has 0 bridgehead atoms. The SMILES string of the molecule is CC(OC(=O)NCCF)C(=O)N[C@@H]1C(=O)N(C)c2ccccc2-c2ccccc21. The molecule has 2 N–H and O–H groups in total. The Kier molecular flexibility index (Phi) is 6.11. The number of halogens is 1. The van der Waals surface area contributed by atoms with Crippen molar-refractivity contribution < 1.29 is 23.5 Å². The number of benzene rings is 2. The van der Waals surface area contributed by atoms with E-state index in [4.69, 9.17) is 4.74 Å². The molecule has 2 aromatic carbocycles. The van der Waals surface area contributed by atoms with Gasteiger partial charge in [-0.25, -0.2) is 9.18 Å². The third-order valence-electron chi connectivity index (χ3n) is 4.71. The second-order valence-electron chi connectivity index (χ2n) is 6.61. The van der Waals surface area contributed by atoms with E-state index in [2.05, 4.69) is 10.6 Å². The fourth-order valence-corrected chi connectivity index (χ4v) is 3.24. The first-order chi connectivity index (χ1) is 13.9. The second kappa shape index (κ2) is 8.72. The lowest BCUT2D eigenvalue weighted by Gasteiger charge is -2.24. The summed E-state index contributed by atoms with van der Waals surface area (Å²) in [6, 6.07) is 13.9. The minimum atomic E-state index is -1.16. The Labute approximate surface area is 167 Å². The number of nitrogens with one attached hydrogen (secondary N) is 2. The Morgan fingerprint density at radius 1 is 1.14 bits per heavy atom. The van der Waals surface area contributed by atoms with Crippen molar-refractivity contribution in [1.82, 2.24) is 10.6 Å². The van der Waals surface area contributed by atoms with E-state index in [1.807, 2.05) is 36.4 Å². The largest absolute Gasteiger partial charge is 0.436 e. The standard InChI is InChI=1S/C21H22FN3O4/c1-13(29-21(28)23-12-11-22)19(26)24-18-16-9-4-3-7-14(16)15-8-5-6-10-17(15)25(2)20(18)27/h3-10,13,18H,11-12H2,1-2H3,(H,23,28)(H,24,26)/t13?,18-/m0/s1. The van der Waals surface area contributed by atoms with Crippen molar-refractivity contribution in [3.63, 3.8) is 0 Å². The smallest absolute Gasteiger partial charge is 0.407 e. The van der Waals surface area contributed by atoms with Gasteiger partial charge in [-0.05, 0) is 24.1 Å². The summed E-state index contributed by atoms with van der Waals surface area (Å²) in [6.07, 6.45) is -2.06. The molecule has 29 heavy (non-hydrogen) atoms. The van der Waals surface area contributed by atoms with Gasteiger partial charge in [0.05, 0.1) is 5.69 Å². The van der Waals surface area contributed by atoms with Crippen molar-refractivity contribution in [2.24, 2.45) is 0 Å². The number of hydrogen-bond donors (Lipinski definition) is 2. The number of hydrogen-bond acceptors (Lipinski definition) is 4. The summed E-state index contributed by atoms with van der Waals surface area (Å²) in [5, 5.41) is 4.87. The van der Waals surface area contributed by atoms with Gasteiger partial charge in [-0.1, -0.05) is 42.5 Å². The highest BCUT2D eigenvalue weighted by Crippen LogP contribution is 2.39. The van der Waals surface area contributed by atoms with Crippen LogP contribution < -0.4 is 15.5 Å². The fourth-order valence-electron chi connectivity index (χ4n) is 3.24. The number of rotatable bonds is 5. The first-order valence-electron chi connectivity index (χ1n) is 9.20. The van der Waals surface area contributed by atoms with Crippen LogP contribution in [0.5, 0.6) is 0 Å². The predicted octanol–water partition coefficient (Wildman–Crippen LogP) is 2.57. The Morgan fingerprint density at radius 2 is 1.79 bits per heavy atom. The molecule has 0 radical (unpaired) electrons. The predicted molar refractivity (Wildman–Crippen MR) is 106 cm³/mol. The average Bonchev–Trinajstić information content (AvgIpc) is 2.82. The van der Waals surface area contributed by atoms with E-state index in [1.54, 1.807) is 19.2 Å². The molecular formula is C21H22FN3O4. The van der Waals surface area contributed by atoms with Crippen LogP contribution in [0.3, 0.4) is 0 Å². The van der Waals surface area contributed by atoms with Gasteiger partial charge in [-0.3, -0.25) is 9.59 Å². The molecule has 0 spiro atoms. The molecule has 2 atom stereocenters. The first kappa shape index (κ1) is 20.3. The lowest BCUT2D eigenvalue weighted by molar-refractivity contribution is -0.132. The number of likely N-dealkylation sites (N-methyl/N-ethyl adjacent to an activating group) is 1. The van der Waals surface area contributed by atoms with Crippen molar-refractivity contribution in [1.29, 1.82) is 0 Å². The van der Waals surface area contributed by atoms with Crippen molar-refractivity contribution in [3.05, 3.63) is 54.1 Å². The maximum absolute atomic E-state index is 13.1. The molecule has 0 aliphatic carbocycles. The van der Waals surface area contributed by atoms with Crippen molar-refractivity contribution in [2.75, 3.05) is 25.2 Å². The van der Waals surface area contributed by atoms with E-state index >= 15 is 0 Å². The van der Waals surface area contributed by atoms with Crippen molar-refractivity contribution in [2.45, 2.75) is 19.1 Å². The molecule has 8 heteroatoms. The highest BCUT2D eigenvalue weighted by molar-refractivity contribution is 6.06. The zero-order valence-electron chi connectivity index (χ0n) is 16.1. The molecule has 0 saturated carbocycles. The highest BCUT2D eigenvalue weighted by atomic mass is 19.1. The first-order valence-corrected chi connectivity index (χ1v) is 9.20. The summed E-state index contributed by atoms with van der Waals surface area (Å²) in [5.41, 5.74) is 3.10. The van der Waals surface area contributed by atoms with E-state index < -0.39 is 30.8 Å². The minimum absolute atomic E-state index is 0.204. The zero-order chi connectivity index (χ0) is 21.0. The number of carbonyl (C=O) groups is 3. The minimum Gasteiger partial charge on any atom is -0.436 e. The van der Waals surface area contributed by atoms with Crippen LogP contribution in [0, 0.1) is 0 Å². The number of alkyl halides is 1. The van der Waals surface area contributed by atoms with Gasteiger partial charge in [0.2, 0.25) is 0 Å². The molecule has 2 aromatic rings. The Morgan fingerprint density at radius 3 is 2.52 bits per heavy atom. The summed E-state index contributed by atoms with van der Waals surface area (Å²) < 4.78 is 17.1. The average molecular weight is 399 g/mol. The number of para-hydroxylation sites is 1. The maximum atomic E-state index is 13.1. The summed E-state index contributed by atoms with van der Waals surface area (Å²) in [5.74, 6) is -0.947. The van der Waals surface area contributed by atoms with Gasteiger partial charge in [-0.15, -0.1) is 0 Å². The second-order valence-corrected chi connectivity index (χ2v) is 6.61. The zero-order valence-corrected chi connectivity index (χ0v) is 16.1. The summed E-state index contributed by atoms with van der Waals surface area (Å²) in [4.78, 5) is 38.8. The molecule has 0 aromatic heterocycles. The van der Waals surface area contributed by atoms with Crippen LogP contribution in [0.25, 0.3) is 11.1 Å². The van der Waals surface area contributed by atoms with Crippen LogP contribution in [0.4, 0.5) is 14.9 Å². The van der Waals surface area contributed by atoms with E-state index in [1.165, 1.54) is 11.8 Å². The van der Waals surface area contributed by atoms with Crippen LogP contribution in [-0.2, 0) is 14.3 Å². The van der Waals surface area contributed by atoms with Gasteiger partial charge in [0, 0.05) is 19.2 Å². The molecule has 0 saturated heterocycles. The monoisotopic (exact) mass is 399 g/mol. The van der Waals surface area contributed by atoms with Crippen molar-refractivity contribution in [3.8, 4) is 11.1 Å². The molecule has 1 heterocycles. The van der Waals surface area contributed by atoms with E-state index in [9.17, 15) is 18.8 Å². The molecule has 152 valence electrons. The quantitative estimate of drug-likeness (QED) is 0.809. The van der Waals surface area contributed by atoms with Gasteiger partial charge in [0.1, 0.15) is 12.7 Å². The normalized spacial score (nSPS) is 16.2. The van der Waals surface area contributed by atoms with Crippen LogP contribution >= 0.6 is 0 Å². The number of fused-ring (bicyclic) bond motifs is 3. The molecular weight excluding hydrogens is 377 g/mol. The Hall–Kier alpha value is -3.42. The number of ether oxygens (including phenoxy) is 1. The molecule has 3 amide bonds. The number of nitrogens with zero attached hydrogens (tertiary/aromatic N) is 1. The number of carbonyl (C=O) groups excluding carboxylic acids is 3. The molecule has 1 aliphatic rings. The molecule has 1 unspecified atom stereocenters. The van der Waals surface area contributed by atoms with Crippen LogP contribution in [-0.4, -0.2) is 44.3 Å². The van der Waals surface area contributed by atoms with E-state index in [0.717, 1.165) is 16.8 Å².